The molecule has 1 aliphatic heterocycles. The molecule has 102 valence electrons. The summed E-state index contributed by atoms with van der Waals surface area (Å²) in [5, 5.41) is 0. The fourth-order valence-corrected chi connectivity index (χ4v) is 2.43. The molecule has 1 rings (SSSR count). The van der Waals surface area contributed by atoms with E-state index in [9.17, 15) is 9.59 Å². The molecule has 0 atom stereocenters. The Labute approximate surface area is 110 Å². The van der Waals surface area contributed by atoms with Crippen LogP contribution in [0, 0.1) is 0 Å². The summed E-state index contributed by atoms with van der Waals surface area (Å²) in [7, 11) is 0. The molecule has 3 heteroatoms. The number of imide groups is 1. The molecule has 0 aromatic rings. The molecule has 0 saturated carbocycles. The van der Waals surface area contributed by atoms with Crippen LogP contribution in [0.3, 0.4) is 0 Å². The molecule has 0 radical (unpaired) electrons. The first-order valence-corrected chi connectivity index (χ1v) is 7.26. The zero-order chi connectivity index (χ0) is 13.4. The molecule has 0 spiro atoms. The summed E-state index contributed by atoms with van der Waals surface area (Å²) in [5.74, 6) is -0.254. The third-order valence-corrected chi connectivity index (χ3v) is 3.49. The molecule has 0 aromatic heterocycles. The molecule has 3 nitrogen and oxygen atoms in total. The van der Waals surface area contributed by atoms with Crippen LogP contribution in [0.2, 0.25) is 0 Å². The Balaban J connectivity index is 2.52. The maximum atomic E-state index is 11.7. The van der Waals surface area contributed by atoms with Gasteiger partial charge in [-0.1, -0.05) is 52.4 Å². The number of carbonyl (C=O) groups is 2. The second-order valence-corrected chi connectivity index (χ2v) is 5.03. The van der Waals surface area contributed by atoms with E-state index in [2.05, 4.69) is 13.8 Å². The summed E-state index contributed by atoms with van der Waals surface area (Å²) in [6.07, 6.45) is 11.6. The molecule has 0 N–H and O–H groups in total. The Kier molecular flexibility index (Phi) is 6.69. The lowest BCUT2D eigenvalue weighted by Gasteiger charge is -2.26. The Bertz CT molecular complexity index is 282. The lowest BCUT2D eigenvalue weighted by Crippen LogP contribution is -2.40. The van der Waals surface area contributed by atoms with Crippen LogP contribution < -0.4 is 0 Å². The van der Waals surface area contributed by atoms with Gasteiger partial charge in [-0.3, -0.25) is 14.5 Å². The molecule has 0 aliphatic carbocycles. The van der Waals surface area contributed by atoms with Crippen LogP contribution in [-0.4, -0.2) is 22.8 Å². The fraction of sp³-hybridized carbons (Fsp3) is 0.733. The van der Waals surface area contributed by atoms with Gasteiger partial charge in [0.25, 0.3) is 11.8 Å². The second-order valence-electron chi connectivity index (χ2n) is 5.03. The highest BCUT2D eigenvalue weighted by Crippen LogP contribution is 2.20. The van der Waals surface area contributed by atoms with Crippen molar-refractivity contribution < 1.29 is 9.59 Å². The topological polar surface area (TPSA) is 37.4 Å². The van der Waals surface area contributed by atoms with Gasteiger partial charge in [0.05, 0.1) is 0 Å². The van der Waals surface area contributed by atoms with Crippen molar-refractivity contribution in [3.8, 4) is 0 Å². The van der Waals surface area contributed by atoms with Gasteiger partial charge >= 0.3 is 0 Å². The van der Waals surface area contributed by atoms with Crippen LogP contribution in [0.15, 0.2) is 12.2 Å². The standard InChI is InChI=1S/C15H25NO2/c1-3-5-7-9-13(10-8-6-4-2)16-14(17)11-12-15(16)18/h11-13H,3-10H2,1-2H3. The highest BCUT2D eigenvalue weighted by Gasteiger charge is 2.30. The quantitative estimate of drug-likeness (QED) is 0.465. The van der Waals surface area contributed by atoms with E-state index < -0.39 is 0 Å². The van der Waals surface area contributed by atoms with Gasteiger partial charge in [-0.05, 0) is 12.8 Å². The van der Waals surface area contributed by atoms with Crippen LogP contribution in [0.5, 0.6) is 0 Å². The summed E-state index contributed by atoms with van der Waals surface area (Å²) in [4.78, 5) is 24.9. The van der Waals surface area contributed by atoms with E-state index in [1.165, 1.54) is 42.7 Å². The molecule has 0 aromatic carbocycles. The number of hydrogen-bond donors (Lipinski definition) is 0. The van der Waals surface area contributed by atoms with Crippen LogP contribution in [0.25, 0.3) is 0 Å². The van der Waals surface area contributed by atoms with E-state index in [1.54, 1.807) is 0 Å². The van der Waals surface area contributed by atoms with Crippen LogP contribution in [0.4, 0.5) is 0 Å². The number of amides is 2. The smallest absolute Gasteiger partial charge is 0.253 e. The first-order valence-electron chi connectivity index (χ1n) is 7.26. The molecule has 0 saturated heterocycles. The Morgan fingerprint density at radius 3 is 1.72 bits per heavy atom. The summed E-state index contributed by atoms with van der Waals surface area (Å²) < 4.78 is 0. The minimum absolute atomic E-state index is 0.109. The molecular weight excluding hydrogens is 226 g/mol. The van der Waals surface area contributed by atoms with Crippen molar-refractivity contribution in [1.82, 2.24) is 4.90 Å². The lowest BCUT2D eigenvalue weighted by molar-refractivity contribution is -0.139. The number of hydrogen-bond acceptors (Lipinski definition) is 2. The van der Waals surface area contributed by atoms with Gasteiger partial charge < -0.3 is 0 Å². The van der Waals surface area contributed by atoms with Crippen LogP contribution in [0.1, 0.15) is 65.2 Å². The van der Waals surface area contributed by atoms with E-state index in [0.29, 0.717) is 0 Å². The predicted octanol–water partition coefficient (Wildman–Crippen LogP) is 3.44. The Morgan fingerprint density at radius 1 is 0.889 bits per heavy atom. The van der Waals surface area contributed by atoms with Crippen molar-refractivity contribution >= 4 is 11.8 Å². The molecule has 1 aliphatic rings. The summed E-state index contributed by atoms with van der Waals surface area (Å²) in [6, 6.07) is 0.109. The average molecular weight is 251 g/mol. The minimum atomic E-state index is -0.127. The molecular formula is C15H25NO2. The van der Waals surface area contributed by atoms with E-state index in [-0.39, 0.29) is 17.9 Å². The number of unbranched alkanes of at least 4 members (excludes halogenated alkanes) is 4. The van der Waals surface area contributed by atoms with Crippen LogP contribution >= 0.6 is 0 Å². The van der Waals surface area contributed by atoms with E-state index in [1.807, 2.05) is 0 Å². The molecule has 0 fully saturated rings. The molecule has 0 unspecified atom stereocenters. The van der Waals surface area contributed by atoms with Gasteiger partial charge in [0.15, 0.2) is 0 Å². The van der Waals surface area contributed by atoms with Gasteiger partial charge in [-0.2, -0.15) is 0 Å². The van der Waals surface area contributed by atoms with Gasteiger partial charge in [0, 0.05) is 18.2 Å². The molecule has 0 bridgehead atoms. The third-order valence-electron chi connectivity index (χ3n) is 3.49. The number of rotatable bonds is 9. The van der Waals surface area contributed by atoms with Gasteiger partial charge in [0.2, 0.25) is 0 Å². The van der Waals surface area contributed by atoms with Crippen molar-refractivity contribution in [2.45, 2.75) is 71.3 Å². The lowest BCUT2D eigenvalue weighted by atomic mass is 10.0. The monoisotopic (exact) mass is 251 g/mol. The maximum Gasteiger partial charge on any atom is 0.253 e. The molecule has 18 heavy (non-hydrogen) atoms. The second kappa shape index (κ2) is 8.06. The number of carbonyl (C=O) groups excluding carboxylic acids is 2. The summed E-state index contributed by atoms with van der Waals surface area (Å²) in [6.45, 7) is 4.33. The average Bonchev–Trinajstić information content (AvgIpc) is 2.68. The van der Waals surface area contributed by atoms with Crippen LogP contribution in [-0.2, 0) is 9.59 Å². The largest absolute Gasteiger partial charge is 0.272 e. The minimum Gasteiger partial charge on any atom is -0.272 e. The summed E-state index contributed by atoms with van der Waals surface area (Å²) >= 11 is 0. The first kappa shape index (κ1) is 14.9. The van der Waals surface area contributed by atoms with Gasteiger partial charge in [-0.25, -0.2) is 0 Å². The van der Waals surface area contributed by atoms with Gasteiger partial charge in [0.1, 0.15) is 0 Å². The highest BCUT2D eigenvalue weighted by molar-refractivity contribution is 6.13. The number of nitrogens with zero attached hydrogens (tertiary/aromatic N) is 1. The SMILES string of the molecule is CCCCCC(CCCCC)N1C(=O)C=CC1=O. The van der Waals surface area contributed by atoms with Crippen molar-refractivity contribution in [3.05, 3.63) is 12.2 Å². The zero-order valence-electron chi connectivity index (χ0n) is 11.7. The highest BCUT2D eigenvalue weighted by atomic mass is 16.2. The maximum absolute atomic E-state index is 11.7. The van der Waals surface area contributed by atoms with Crippen molar-refractivity contribution in [3.63, 3.8) is 0 Å². The van der Waals surface area contributed by atoms with Crippen molar-refractivity contribution in [2.75, 3.05) is 0 Å². The van der Waals surface area contributed by atoms with E-state index >= 15 is 0 Å². The molecule has 2 amide bonds. The Hall–Kier alpha value is -1.12. The van der Waals surface area contributed by atoms with E-state index in [0.717, 1.165) is 25.7 Å². The van der Waals surface area contributed by atoms with Crippen molar-refractivity contribution in [2.24, 2.45) is 0 Å². The van der Waals surface area contributed by atoms with Crippen molar-refractivity contribution in [1.29, 1.82) is 0 Å². The molecule has 1 heterocycles. The zero-order valence-corrected chi connectivity index (χ0v) is 11.7. The fourth-order valence-electron chi connectivity index (χ4n) is 2.43. The normalized spacial score (nSPS) is 15.2. The third kappa shape index (κ3) is 4.28. The summed E-state index contributed by atoms with van der Waals surface area (Å²) in [5.41, 5.74) is 0. The predicted molar refractivity (Wildman–Crippen MR) is 73.1 cm³/mol. The van der Waals surface area contributed by atoms with E-state index in [4.69, 9.17) is 0 Å². The first-order chi connectivity index (χ1) is 8.70. The Morgan fingerprint density at radius 2 is 1.33 bits per heavy atom. The van der Waals surface area contributed by atoms with Gasteiger partial charge in [-0.15, -0.1) is 0 Å².